The van der Waals surface area contributed by atoms with Gasteiger partial charge in [-0.3, -0.25) is 4.79 Å². The van der Waals surface area contributed by atoms with E-state index in [-0.39, 0.29) is 17.8 Å². The van der Waals surface area contributed by atoms with E-state index in [1.165, 1.54) is 6.07 Å². The minimum absolute atomic E-state index is 0.0347. The lowest BCUT2D eigenvalue weighted by Crippen LogP contribution is -2.43. The predicted molar refractivity (Wildman–Crippen MR) is 71.7 cm³/mol. The third-order valence-corrected chi connectivity index (χ3v) is 3.47. The molecule has 0 aliphatic carbocycles. The summed E-state index contributed by atoms with van der Waals surface area (Å²) in [7, 11) is 0. The summed E-state index contributed by atoms with van der Waals surface area (Å²) in [6.07, 6.45) is 2.08. The summed E-state index contributed by atoms with van der Waals surface area (Å²) >= 11 is 0. The van der Waals surface area contributed by atoms with Gasteiger partial charge in [-0.15, -0.1) is 0 Å². The van der Waals surface area contributed by atoms with Crippen LogP contribution in [0.4, 0.5) is 4.39 Å². The number of aryl methyl sites for hydroxylation is 1. The Labute approximate surface area is 113 Å². The Morgan fingerprint density at radius 1 is 1.53 bits per heavy atom. The molecule has 1 aliphatic rings. The Morgan fingerprint density at radius 3 is 3.00 bits per heavy atom. The van der Waals surface area contributed by atoms with Crippen molar-refractivity contribution >= 4 is 5.91 Å². The van der Waals surface area contributed by atoms with Gasteiger partial charge in [0.25, 0.3) is 5.91 Å². The van der Waals surface area contributed by atoms with Crippen molar-refractivity contribution in [1.29, 1.82) is 0 Å². The van der Waals surface area contributed by atoms with E-state index in [0.29, 0.717) is 24.3 Å². The summed E-state index contributed by atoms with van der Waals surface area (Å²) in [5.74, 6) is -0.310. The molecule has 0 radical (unpaired) electrons. The minimum atomic E-state index is -0.276. The van der Waals surface area contributed by atoms with Crippen molar-refractivity contribution in [1.82, 2.24) is 4.90 Å². The van der Waals surface area contributed by atoms with Gasteiger partial charge in [-0.1, -0.05) is 0 Å². The highest BCUT2D eigenvalue weighted by Crippen LogP contribution is 2.17. The molecule has 104 valence electrons. The lowest BCUT2D eigenvalue weighted by Gasteiger charge is -2.32. The van der Waals surface area contributed by atoms with Crippen molar-refractivity contribution in [3.05, 3.63) is 35.1 Å². The Bertz CT molecular complexity index is 459. The van der Waals surface area contributed by atoms with Crippen LogP contribution in [0, 0.1) is 12.7 Å². The molecule has 1 aromatic carbocycles. The summed E-state index contributed by atoms with van der Waals surface area (Å²) in [5, 5.41) is 0. The number of amides is 1. The number of ether oxygens (including phenoxy) is 1. The van der Waals surface area contributed by atoms with Crippen LogP contribution in [0.1, 0.15) is 35.7 Å². The number of piperidine rings is 1. The van der Waals surface area contributed by atoms with Gasteiger partial charge in [-0.2, -0.15) is 0 Å². The topological polar surface area (TPSA) is 29.5 Å². The molecule has 1 saturated heterocycles. The molecular weight excluding hydrogens is 245 g/mol. The van der Waals surface area contributed by atoms with Crippen LogP contribution in [0.2, 0.25) is 0 Å². The highest BCUT2D eigenvalue weighted by molar-refractivity contribution is 5.94. The molecule has 19 heavy (non-hydrogen) atoms. The number of nitrogens with zero attached hydrogens (tertiary/aromatic N) is 1. The van der Waals surface area contributed by atoms with Crippen molar-refractivity contribution in [3.8, 4) is 0 Å². The summed E-state index contributed by atoms with van der Waals surface area (Å²) in [6, 6.07) is 4.52. The zero-order valence-corrected chi connectivity index (χ0v) is 11.5. The molecule has 0 aromatic heterocycles. The van der Waals surface area contributed by atoms with Crippen LogP contribution in [-0.4, -0.2) is 36.6 Å². The normalized spacial score (nSPS) is 19.5. The lowest BCUT2D eigenvalue weighted by molar-refractivity contribution is 0.00724. The minimum Gasteiger partial charge on any atom is -0.377 e. The molecule has 1 aromatic rings. The van der Waals surface area contributed by atoms with Crippen LogP contribution in [0.25, 0.3) is 0 Å². The molecule has 0 bridgehead atoms. The summed E-state index contributed by atoms with van der Waals surface area (Å²) in [5.41, 5.74) is 1.06. The van der Waals surface area contributed by atoms with E-state index in [9.17, 15) is 9.18 Å². The molecule has 1 amide bonds. The molecular formula is C15H20FNO2. The van der Waals surface area contributed by atoms with Crippen molar-refractivity contribution in [3.63, 3.8) is 0 Å². The highest BCUT2D eigenvalue weighted by atomic mass is 19.1. The third-order valence-electron chi connectivity index (χ3n) is 3.47. The zero-order valence-electron chi connectivity index (χ0n) is 11.5. The van der Waals surface area contributed by atoms with Crippen molar-refractivity contribution < 1.29 is 13.9 Å². The molecule has 3 nitrogen and oxygen atoms in total. The number of hydrogen-bond acceptors (Lipinski definition) is 2. The molecule has 0 N–H and O–H groups in total. The number of benzene rings is 1. The fraction of sp³-hybridized carbons (Fsp3) is 0.533. The second-order valence-corrected chi connectivity index (χ2v) is 4.93. The Morgan fingerprint density at radius 2 is 2.32 bits per heavy atom. The maximum absolute atomic E-state index is 13.2. The molecule has 1 unspecified atom stereocenters. The van der Waals surface area contributed by atoms with Gasteiger partial charge >= 0.3 is 0 Å². The van der Waals surface area contributed by atoms with Crippen LogP contribution in [0.15, 0.2) is 18.2 Å². The van der Waals surface area contributed by atoms with E-state index in [2.05, 4.69) is 0 Å². The van der Waals surface area contributed by atoms with E-state index >= 15 is 0 Å². The van der Waals surface area contributed by atoms with E-state index in [0.717, 1.165) is 19.4 Å². The second kappa shape index (κ2) is 6.15. The van der Waals surface area contributed by atoms with Crippen LogP contribution in [0.5, 0.6) is 0 Å². The van der Waals surface area contributed by atoms with E-state index in [1.54, 1.807) is 24.0 Å². The van der Waals surface area contributed by atoms with Crippen molar-refractivity contribution in [2.24, 2.45) is 0 Å². The molecule has 2 rings (SSSR count). The first-order valence-corrected chi connectivity index (χ1v) is 6.79. The first-order valence-electron chi connectivity index (χ1n) is 6.79. The van der Waals surface area contributed by atoms with E-state index in [1.807, 2.05) is 6.92 Å². The summed E-state index contributed by atoms with van der Waals surface area (Å²) < 4.78 is 18.8. The second-order valence-electron chi connectivity index (χ2n) is 4.93. The van der Waals surface area contributed by atoms with Gasteiger partial charge in [0.05, 0.1) is 6.10 Å². The molecule has 1 fully saturated rings. The van der Waals surface area contributed by atoms with Gasteiger partial charge < -0.3 is 9.64 Å². The Balaban J connectivity index is 2.08. The smallest absolute Gasteiger partial charge is 0.253 e. The third kappa shape index (κ3) is 3.32. The van der Waals surface area contributed by atoms with Gasteiger partial charge in [0.1, 0.15) is 5.82 Å². The first-order chi connectivity index (χ1) is 9.11. The largest absolute Gasteiger partial charge is 0.377 e. The molecule has 1 aliphatic heterocycles. The molecule has 0 saturated carbocycles. The zero-order chi connectivity index (χ0) is 13.8. The molecule has 1 atom stereocenters. The van der Waals surface area contributed by atoms with Crippen molar-refractivity contribution in [2.75, 3.05) is 19.7 Å². The van der Waals surface area contributed by atoms with Crippen LogP contribution < -0.4 is 0 Å². The van der Waals surface area contributed by atoms with Crippen molar-refractivity contribution in [2.45, 2.75) is 32.8 Å². The summed E-state index contributed by atoms with van der Waals surface area (Å²) in [4.78, 5) is 14.2. The number of rotatable bonds is 3. The first kappa shape index (κ1) is 14.0. The highest BCUT2D eigenvalue weighted by Gasteiger charge is 2.24. The standard InChI is InChI=1S/C15H20FNO2/c1-3-19-13-5-4-8-17(10-13)15(18)12-6-7-14(16)11(2)9-12/h6-7,9,13H,3-5,8,10H2,1-2H3. The van der Waals surface area contributed by atoms with Gasteiger partial charge in [0.2, 0.25) is 0 Å². The van der Waals surface area contributed by atoms with E-state index < -0.39 is 0 Å². The fourth-order valence-corrected chi connectivity index (χ4v) is 2.45. The van der Waals surface area contributed by atoms with Crippen LogP contribution >= 0.6 is 0 Å². The maximum Gasteiger partial charge on any atom is 0.253 e. The van der Waals surface area contributed by atoms with Gasteiger partial charge in [-0.05, 0) is 50.5 Å². The quantitative estimate of drug-likeness (QED) is 0.841. The number of carbonyl (C=O) groups excluding carboxylic acids is 1. The number of hydrogen-bond donors (Lipinski definition) is 0. The van der Waals surface area contributed by atoms with E-state index in [4.69, 9.17) is 4.74 Å². The maximum atomic E-state index is 13.2. The monoisotopic (exact) mass is 265 g/mol. The average Bonchev–Trinajstić information content (AvgIpc) is 2.42. The van der Waals surface area contributed by atoms with Gasteiger partial charge in [0, 0.05) is 25.3 Å². The summed E-state index contributed by atoms with van der Waals surface area (Å²) in [6.45, 7) is 5.68. The Kier molecular flexibility index (Phi) is 4.53. The van der Waals surface area contributed by atoms with Crippen LogP contribution in [-0.2, 0) is 4.74 Å². The lowest BCUT2D eigenvalue weighted by atomic mass is 10.1. The Hall–Kier alpha value is -1.42. The van der Waals surface area contributed by atoms with Gasteiger partial charge in [0.15, 0.2) is 0 Å². The number of halogens is 1. The molecule has 0 spiro atoms. The number of likely N-dealkylation sites (tertiary alicyclic amines) is 1. The average molecular weight is 265 g/mol. The van der Waals surface area contributed by atoms with Crippen LogP contribution in [0.3, 0.4) is 0 Å². The SMILES string of the molecule is CCOC1CCCN(C(=O)c2ccc(F)c(C)c2)C1. The molecule has 4 heteroatoms. The fourth-order valence-electron chi connectivity index (χ4n) is 2.45. The predicted octanol–water partition coefficient (Wildman–Crippen LogP) is 2.78. The van der Waals surface area contributed by atoms with Gasteiger partial charge in [-0.25, -0.2) is 4.39 Å². The number of carbonyl (C=O) groups is 1. The molecule has 1 heterocycles.